The Morgan fingerprint density at radius 2 is 1.72 bits per heavy atom. The number of rotatable bonds is 7. The average Bonchev–Trinajstić information content (AvgIpc) is 2.62. The molecule has 0 aliphatic carbocycles. The maximum Gasteiger partial charge on any atom is 0.188 e. The molecule has 134 valence electrons. The number of aryl methyl sites for hydroxylation is 2. The molecule has 0 bridgehead atoms. The zero-order chi connectivity index (χ0) is 18.2. The van der Waals surface area contributed by atoms with E-state index in [1.807, 2.05) is 18.2 Å². The topological polar surface area (TPSA) is 68.9 Å². The standard InChI is InChI=1S/C20H27N3O2/c1-14-6-5-7-15(2)17(14)10-11-22-20(21)23-13-16-8-9-18(24-3)19(12-16)25-4/h5-9,12H,10-11,13H2,1-4H3,(H3,21,22,23). The van der Waals surface area contributed by atoms with E-state index in [2.05, 4.69) is 42.4 Å². The van der Waals surface area contributed by atoms with E-state index in [4.69, 9.17) is 15.2 Å². The molecular weight excluding hydrogens is 314 g/mol. The summed E-state index contributed by atoms with van der Waals surface area (Å²) in [4.78, 5) is 4.39. The van der Waals surface area contributed by atoms with Crippen molar-refractivity contribution >= 4 is 5.96 Å². The molecular formula is C20H27N3O2. The Balaban J connectivity index is 1.90. The molecule has 5 heteroatoms. The van der Waals surface area contributed by atoms with Gasteiger partial charge in [-0.2, -0.15) is 0 Å². The molecule has 5 nitrogen and oxygen atoms in total. The Morgan fingerprint density at radius 1 is 1.04 bits per heavy atom. The van der Waals surface area contributed by atoms with Gasteiger partial charge in [-0.05, 0) is 54.7 Å². The van der Waals surface area contributed by atoms with Crippen molar-refractivity contribution in [3.8, 4) is 11.5 Å². The molecule has 0 atom stereocenters. The highest BCUT2D eigenvalue weighted by atomic mass is 16.5. The zero-order valence-electron chi connectivity index (χ0n) is 15.4. The smallest absolute Gasteiger partial charge is 0.188 e. The third kappa shape index (κ3) is 5.14. The molecule has 0 aromatic heterocycles. The average molecular weight is 341 g/mol. The molecule has 0 saturated carbocycles. The first kappa shape index (κ1) is 18.6. The van der Waals surface area contributed by atoms with Crippen LogP contribution in [0.1, 0.15) is 22.3 Å². The minimum absolute atomic E-state index is 0.445. The molecule has 0 unspecified atom stereocenters. The maximum atomic E-state index is 5.97. The molecule has 0 amide bonds. The Labute approximate surface area is 149 Å². The number of nitrogens with one attached hydrogen (secondary N) is 1. The Morgan fingerprint density at radius 3 is 2.36 bits per heavy atom. The van der Waals surface area contributed by atoms with Crippen LogP contribution >= 0.6 is 0 Å². The van der Waals surface area contributed by atoms with E-state index in [1.54, 1.807) is 14.2 Å². The fourth-order valence-electron chi connectivity index (χ4n) is 2.77. The van der Waals surface area contributed by atoms with Crippen molar-refractivity contribution in [1.29, 1.82) is 0 Å². The lowest BCUT2D eigenvalue weighted by atomic mass is 10.0. The normalized spacial score (nSPS) is 11.3. The number of methoxy groups -OCH3 is 2. The molecule has 3 N–H and O–H groups in total. The van der Waals surface area contributed by atoms with Crippen molar-refractivity contribution < 1.29 is 9.47 Å². The predicted octanol–water partition coefficient (Wildman–Crippen LogP) is 2.97. The van der Waals surface area contributed by atoms with E-state index in [-0.39, 0.29) is 0 Å². The summed E-state index contributed by atoms with van der Waals surface area (Å²) in [5.74, 6) is 1.84. The van der Waals surface area contributed by atoms with E-state index in [0.29, 0.717) is 24.0 Å². The van der Waals surface area contributed by atoms with Crippen LogP contribution in [0.25, 0.3) is 0 Å². The number of nitrogens with zero attached hydrogens (tertiary/aromatic N) is 1. The van der Waals surface area contributed by atoms with Gasteiger partial charge >= 0.3 is 0 Å². The van der Waals surface area contributed by atoms with Gasteiger partial charge in [-0.25, -0.2) is 4.99 Å². The van der Waals surface area contributed by atoms with Crippen molar-refractivity contribution in [3.05, 3.63) is 58.7 Å². The van der Waals surface area contributed by atoms with Gasteiger partial charge in [0.1, 0.15) is 0 Å². The first-order valence-corrected chi connectivity index (χ1v) is 8.35. The first-order chi connectivity index (χ1) is 12.0. The molecule has 0 heterocycles. The fourth-order valence-corrected chi connectivity index (χ4v) is 2.77. The van der Waals surface area contributed by atoms with E-state index in [1.165, 1.54) is 16.7 Å². The molecule has 0 radical (unpaired) electrons. The van der Waals surface area contributed by atoms with Gasteiger partial charge < -0.3 is 20.5 Å². The first-order valence-electron chi connectivity index (χ1n) is 8.35. The second-order valence-electron chi connectivity index (χ2n) is 5.94. The van der Waals surface area contributed by atoms with Gasteiger partial charge in [-0.15, -0.1) is 0 Å². The Hall–Kier alpha value is -2.69. The van der Waals surface area contributed by atoms with Crippen molar-refractivity contribution in [2.45, 2.75) is 26.8 Å². The number of hydrogen-bond acceptors (Lipinski definition) is 3. The quantitative estimate of drug-likeness (QED) is 0.600. The molecule has 2 aromatic rings. The van der Waals surface area contributed by atoms with Crippen LogP contribution in [0.2, 0.25) is 0 Å². The SMILES string of the molecule is COc1ccc(CN=C(N)NCCc2c(C)cccc2C)cc1OC. The fraction of sp³-hybridized carbons (Fsp3) is 0.350. The van der Waals surface area contributed by atoms with Gasteiger partial charge in [0.15, 0.2) is 17.5 Å². The van der Waals surface area contributed by atoms with E-state index in [9.17, 15) is 0 Å². The van der Waals surface area contributed by atoms with Crippen molar-refractivity contribution in [3.63, 3.8) is 0 Å². The number of guanidine groups is 1. The highest BCUT2D eigenvalue weighted by Crippen LogP contribution is 2.27. The van der Waals surface area contributed by atoms with Crippen LogP contribution in [0.3, 0.4) is 0 Å². The summed E-state index contributed by atoms with van der Waals surface area (Å²) in [6.45, 7) is 5.52. The van der Waals surface area contributed by atoms with Crippen molar-refractivity contribution in [2.75, 3.05) is 20.8 Å². The summed E-state index contributed by atoms with van der Waals surface area (Å²) in [7, 11) is 3.24. The number of nitrogens with two attached hydrogens (primary N) is 1. The minimum atomic E-state index is 0.445. The molecule has 0 aliphatic rings. The lowest BCUT2D eigenvalue weighted by molar-refractivity contribution is 0.354. The summed E-state index contributed by atoms with van der Waals surface area (Å²) in [5, 5.41) is 3.18. The van der Waals surface area contributed by atoms with Crippen LogP contribution in [0, 0.1) is 13.8 Å². The highest BCUT2D eigenvalue weighted by molar-refractivity contribution is 5.77. The lowest BCUT2D eigenvalue weighted by Gasteiger charge is -2.11. The molecule has 25 heavy (non-hydrogen) atoms. The van der Waals surface area contributed by atoms with E-state index >= 15 is 0 Å². The Kier molecular flexibility index (Phi) is 6.69. The van der Waals surface area contributed by atoms with Crippen LogP contribution < -0.4 is 20.5 Å². The lowest BCUT2D eigenvalue weighted by Crippen LogP contribution is -2.33. The number of ether oxygens (including phenoxy) is 2. The summed E-state index contributed by atoms with van der Waals surface area (Å²) in [5.41, 5.74) is 11.0. The molecule has 0 fully saturated rings. The van der Waals surface area contributed by atoms with Gasteiger partial charge in [0.25, 0.3) is 0 Å². The molecule has 2 aromatic carbocycles. The molecule has 0 spiro atoms. The van der Waals surface area contributed by atoms with Crippen LogP contribution in [0.4, 0.5) is 0 Å². The van der Waals surface area contributed by atoms with Gasteiger partial charge in [0, 0.05) is 6.54 Å². The van der Waals surface area contributed by atoms with E-state index < -0.39 is 0 Å². The van der Waals surface area contributed by atoms with Crippen LogP contribution in [-0.4, -0.2) is 26.7 Å². The maximum absolute atomic E-state index is 5.97. The second-order valence-corrected chi connectivity index (χ2v) is 5.94. The van der Waals surface area contributed by atoms with E-state index in [0.717, 1.165) is 18.5 Å². The summed E-state index contributed by atoms with van der Waals surface area (Å²) < 4.78 is 10.5. The Bertz CT molecular complexity index is 721. The summed E-state index contributed by atoms with van der Waals surface area (Å²) >= 11 is 0. The molecule has 0 aliphatic heterocycles. The third-order valence-corrected chi connectivity index (χ3v) is 4.21. The van der Waals surface area contributed by atoms with Crippen LogP contribution in [-0.2, 0) is 13.0 Å². The second kappa shape index (κ2) is 8.97. The monoisotopic (exact) mass is 341 g/mol. The number of benzene rings is 2. The zero-order valence-corrected chi connectivity index (χ0v) is 15.4. The third-order valence-electron chi connectivity index (χ3n) is 4.21. The van der Waals surface area contributed by atoms with Gasteiger partial charge in [0.2, 0.25) is 0 Å². The summed E-state index contributed by atoms with van der Waals surface area (Å²) in [6, 6.07) is 12.1. The largest absolute Gasteiger partial charge is 0.493 e. The van der Waals surface area contributed by atoms with Crippen LogP contribution in [0.15, 0.2) is 41.4 Å². The molecule has 0 saturated heterocycles. The predicted molar refractivity (Wildman–Crippen MR) is 102 cm³/mol. The van der Waals surface area contributed by atoms with Gasteiger partial charge in [-0.1, -0.05) is 24.3 Å². The van der Waals surface area contributed by atoms with Crippen molar-refractivity contribution in [1.82, 2.24) is 5.32 Å². The van der Waals surface area contributed by atoms with Gasteiger partial charge in [-0.3, -0.25) is 0 Å². The van der Waals surface area contributed by atoms with Crippen LogP contribution in [0.5, 0.6) is 11.5 Å². The van der Waals surface area contributed by atoms with Crippen molar-refractivity contribution in [2.24, 2.45) is 10.7 Å². The number of hydrogen-bond donors (Lipinski definition) is 2. The van der Waals surface area contributed by atoms with Gasteiger partial charge in [0.05, 0.1) is 20.8 Å². The summed E-state index contributed by atoms with van der Waals surface area (Å²) in [6.07, 6.45) is 0.922. The highest BCUT2D eigenvalue weighted by Gasteiger charge is 2.05. The molecule has 2 rings (SSSR count). The number of aliphatic imine (C=N–C) groups is 1. The minimum Gasteiger partial charge on any atom is -0.493 e.